The third-order valence-electron chi connectivity index (χ3n) is 3.88. The third-order valence-corrected chi connectivity index (χ3v) is 4.30. The lowest BCUT2D eigenvalue weighted by Gasteiger charge is -2.11. The molecule has 0 bridgehead atoms. The van der Waals surface area contributed by atoms with Crippen LogP contribution in [0.3, 0.4) is 0 Å². The predicted molar refractivity (Wildman–Crippen MR) is 95.5 cm³/mol. The Balaban J connectivity index is 1.88. The molecule has 2 aromatic carbocycles. The van der Waals surface area contributed by atoms with Crippen molar-refractivity contribution in [2.45, 2.75) is 33.1 Å². The maximum absolute atomic E-state index is 12.0. The number of anilines is 1. The van der Waals surface area contributed by atoms with E-state index in [1.807, 2.05) is 37.3 Å². The van der Waals surface area contributed by atoms with Crippen molar-refractivity contribution in [3.05, 3.63) is 58.6 Å². The molecule has 0 saturated heterocycles. The van der Waals surface area contributed by atoms with Gasteiger partial charge in [-0.2, -0.15) is 0 Å². The van der Waals surface area contributed by atoms with Crippen LogP contribution in [0.25, 0.3) is 0 Å². The molecule has 2 rings (SSSR count). The van der Waals surface area contributed by atoms with Gasteiger partial charge >= 0.3 is 0 Å². The zero-order valence-corrected chi connectivity index (χ0v) is 14.5. The van der Waals surface area contributed by atoms with E-state index in [-0.39, 0.29) is 12.5 Å². The van der Waals surface area contributed by atoms with Crippen molar-refractivity contribution < 1.29 is 9.53 Å². The van der Waals surface area contributed by atoms with E-state index < -0.39 is 0 Å². The number of carbonyl (C=O) groups is 1. The molecule has 1 unspecified atom stereocenters. The molecule has 3 nitrogen and oxygen atoms in total. The molecule has 0 aliphatic carbocycles. The van der Waals surface area contributed by atoms with Crippen LogP contribution in [0.5, 0.6) is 5.75 Å². The van der Waals surface area contributed by atoms with Gasteiger partial charge in [-0.15, -0.1) is 0 Å². The van der Waals surface area contributed by atoms with Gasteiger partial charge in [0, 0.05) is 10.7 Å². The van der Waals surface area contributed by atoms with Crippen molar-refractivity contribution in [1.82, 2.24) is 0 Å². The summed E-state index contributed by atoms with van der Waals surface area (Å²) >= 11 is 5.96. The summed E-state index contributed by atoms with van der Waals surface area (Å²) in [6.07, 6.45) is 1.10. The lowest BCUT2D eigenvalue weighted by atomic mass is 9.99. The minimum atomic E-state index is -0.186. The number of ether oxygens (including phenoxy) is 1. The molecular weight excluding hydrogens is 310 g/mol. The zero-order valence-electron chi connectivity index (χ0n) is 13.7. The normalized spacial score (nSPS) is 11.8. The fraction of sp³-hybridized carbons (Fsp3) is 0.316. The summed E-state index contributed by atoms with van der Waals surface area (Å²) < 4.78 is 5.48. The standard InChI is InChI=1S/C19H22ClNO2/c1-4-13(2)15-5-7-16(8-6-15)21-19(22)12-23-17-9-10-18(20)14(3)11-17/h5-11,13H,4,12H2,1-3H3,(H,21,22). The fourth-order valence-electron chi connectivity index (χ4n) is 2.18. The van der Waals surface area contributed by atoms with E-state index in [4.69, 9.17) is 16.3 Å². The number of halogens is 1. The van der Waals surface area contributed by atoms with Crippen LogP contribution in [0.15, 0.2) is 42.5 Å². The van der Waals surface area contributed by atoms with Crippen molar-refractivity contribution in [2.75, 3.05) is 11.9 Å². The SMILES string of the molecule is CCC(C)c1ccc(NC(=O)COc2ccc(Cl)c(C)c2)cc1. The molecule has 1 N–H and O–H groups in total. The number of rotatable bonds is 6. The van der Waals surface area contributed by atoms with Crippen LogP contribution in [0, 0.1) is 6.92 Å². The van der Waals surface area contributed by atoms with Crippen LogP contribution in [-0.4, -0.2) is 12.5 Å². The minimum absolute atomic E-state index is 0.0335. The van der Waals surface area contributed by atoms with Gasteiger partial charge in [0.05, 0.1) is 0 Å². The largest absolute Gasteiger partial charge is 0.484 e. The Morgan fingerprint density at radius 3 is 2.52 bits per heavy atom. The molecule has 1 atom stereocenters. The fourth-order valence-corrected chi connectivity index (χ4v) is 2.30. The second-order valence-corrected chi connectivity index (χ2v) is 6.09. The summed E-state index contributed by atoms with van der Waals surface area (Å²) in [5.74, 6) is 0.972. The first kappa shape index (κ1) is 17.4. The summed E-state index contributed by atoms with van der Waals surface area (Å²) in [7, 11) is 0. The van der Waals surface area contributed by atoms with E-state index in [1.165, 1.54) is 5.56 Å². The Labute approximate surface area is 142 Å². The summed E-state index contributed by atoms with van der Waals surface area (Å²) in [5.41, 5.74) is 2.97. The quantitative estimate of drug-likeness (QED) is 0.792. The van der Waals surface area contributed by atoms with Gasteiger partial charge in [0.1, 0.15) is 5.75 Å². The first-order valence-corrected chi connectivity index (χ1v) is 8.16. The summed E-state index contributed by atoms with van der Waals surface area (Å²) in [4.78, 5) is 12.0. The molecule has 0 spiro atoms. The van der Waals surface area contributed by atoms with Gasteiger partial charge in [-0.1, -0.05) is 37.6 Å². The van der Waals surface area contributed by atoms with E-state index in [0.717, 1.165) is 17.7 Å². The Kier molecular flexibility index (Phi) is 6.05. The van der Waals surface area contributed by atoms with E-state index in [9.17, 15) is 4.79 Å². The first-order chi connectivity index (χ1) is 11.0. The topological polar surface area (TPSA) is 38.3 Å². The van der Waals surface area contributed by atoms with Crippen molar-refractivity contribution in [2.24, 2.45) is 0 Å². The number of amides is 1. The summed E-state index contributed by atoms with van der Waals surface area (Å²) in [6, 6.07) is 13.3. The molecule has 0 saturated carbocycles. The molecule has 0 fully saturated rings. The number of benzene rings is 2. The second kappa shape index (κ2) is 8.02. The number of hydrogen-bond acceptors (Lipinski definition) is 2. The van der Waals surface area contributed by atoms with Crippen molar-refractivity contribution >= 4 is 23.2 Å². The maximum atomic E-state index is 12.0. The number of hydrogen-bond donors (Lipinski definition) is 1. The van der Waals surface area contributed by atoms with Crippen LogP contribution in [-0.2, 0) is 4.79 Å². The Morgan fingerprint density at radius 1 is 1.22 bits per heavy atom. The number of nitrogens with one attached hydrogen (secondary N) is 1. The number of carbonyl (C=O) groups excluding carboxylic acids is 1. The van der Waals surface area contributed by atoms with Gasteiger partial charge < -0.3 is 10.1 Å². The van der Waals surface area contributed by atoms with Gasteiger partial charge in [-0.05, 0) is 60.7 Å². The Morgan fingerprint density at radius 2 is 1.91 bits per heavy atom. The van der Waals surface area contributed by atoms with Crippen LogP contribution in [0.1, 0.15) is 37.3 Å². The zero-order chi connectivity index (χ0) is 16.8. The average Bonchev–Trinajstić information content (AvgIpc) is 2.56. The lowest BCUT2D eigenvalue weighted by Crippen LogP contribution is -2.20. The second-order valence-electron chi connectivity index (χ2n) is 5.68. The first-order valence-electron chi connectivity index (χ1n) is 7.78. The van der Waals surface area contributed by atoms with Crippen molar-refractivity contribution in [3.63, 3.8) is 0 Å². The molecule has 23 heavy (non-hydrogen) atoms. The molecule has 122 valence electrons. The number of aryl methyl sites for hydroxylation is 1. The monoisotopic (exact) mass is 331 g/mol. The van der Waals surface area contributed by atoms with Crippen molar-refractivity contribution in [1.29, 1.82) is 0 Å². The maximum Gasteiger partial charge on any atom is 0.262 e. The van der Waals surface area contributed by atoms with Gasteiger partial charge in [-0.3, -0.25) is 4.79 Å². The molecule has 0 heterocycles. The van der Waals surface area contributed by atoms with E-state index in [0.29, 0.717) is 16.7 Å². The molecule has 2 aromatic rings. The Hall–Kier alpha value is -2.00. The highest BCUT2D eigenvalue weighted by atomic mass is 35.5. The van der Waals surface area contributed by atoms with Crippen LogP contribution < -0.4 is 10.1 Å². The molecule has 4 heteroatoms. The van der Waals surface area contributed by atoms with Crippen molar-refractivity contribution in [3.8, 4) is 5.75 Å². The third kappa shape index (κ3) is 5.00. The summed E-state index contributed by atoms with van der Waals surface area (Å²) in [6.45, 7) is 6.22. The molecule has 0 aliphatic rings. The highest BCUT2D eigenvalue weighted by Gasteiger charge is 2.06. The van der Waals surface area contributed by atoms with Crippen LogP contribution in [0.2, 0.25) is 5.02 Å². The van der Waals surface area contributed by atoms with Gasteiger partial charge in [0.25, 0.3) is 5.91 Å². The average molecular weight is 332 g/mol. The highest BCUT2D eigenvalue weighted by Crippen LogP contribution is 2.22. The van der Waals surface area contributed by atoms with Gasteiger partial charge in [0.15, 0.2) is 6.61 Å². The van der Waals surface area contributed by atoms with Gasteiger partial charge in [-0.25, -0.2) is 0 Å². The van der Waals surface area contributed by atoms with E-state index in [1.54, 1.807) is 12.1 Å². The molecular formula is C19H22ClNO2. The van der Waals surface area contributed by atoms with E-state index in [2.05, 4.69) is 19.2 Å². The molecule has 0 aromatic heterocycles. The predicted octanol–water partition coefficient (Wildman–Crippen LogP) is 5.18. The molecule has 1 amide bonds. The molecule has 0 radical (unpaired) electrons. The smallest absolute Gasteiger partial charge is 0.262 e. The van der Waals surface area contributed by atoms with Crippen LogP contribution in [0.4, 0.5) is 5.69 Å². The Bertz CT molecular complexity index is 668. The van der Waals surface area contributed by atoms with Crippen LogP contribution >= 0.6 is 11.6 Å². The minimum Gasteiger partial charge on any atom is -0.484 e. The van der Waals surface area contributed by atoms with Gasteiger partial charge in [0.2, 0.25) is 0 Å². The summed E-state index contributed by atoms with van der Waals surface area (Å²) in [5, 5.41) is 3.52. The molecule has 0 aliphatic heterocycles. The van der Waals surface area contributed by atoms with E-state index >= 15 is 0 Å². The lowest BCUT2D eigenvalue weighted by molar-refractivity contribution is -0.118. The highest BCUT2D eigenvalue weighted by molar-refractivity contribution is 6.31.